The van der Waals surface area contributed by atoms with Gasteiger partial charge >= 0.3 is 13.3 Å². The Hall–Kier alpha value is -1.28. The zero-order valence-electron chi connectivity index (χ0n) is 13.8. The Labute approximate surface area is 139 Å². The van der Waals surface area contributed by atoms with E-state index in [9.17, 15) is 13.8 Å². The summed E-state index contributed by atoms with van der Waals surface area (Å²) < 4.78 is 43.9. The van der Waals surface area contributed by atoms with Crippen LogP contribution in [0.4, 0.5) is 10.2 Å². The van der Waals surface area contributed by atoms with Gasteiger partial charge in [0, 0.05) is 12.6 Å². The maximum Gasteiger partial charge on any atom is 0.364 e. The van der Waals surface area contributed by atoms with Gasteiger partial charge in [0.15, 0.2) is 0 Å². The maximum atomic E-state index is 14.4. The van der Waals surface area contributed by atoms with E-state index in [0.717, 1.165) is 0 Å². The minimum atomic E-state index is -3.81. The van der Waals surface area contributed by atoms with Crippen molar-refractivity contribution in [3.05, 3.63) is 22.7 Å². The van der Waals surface area contributed by atoms with Crippen LogP contribution in [-0.2, 0) is 18.3 Å². The molecule has 2 N–H and O–H groups in total. The number of hydrogen-bond donors (Lipinski definition) is 1. The first-order valence-corrected chi connectivity index (χ1v) is 9.53. The van der Waals surface area contributed by atoms with Crippen LogP contribution in [0.5, 0.6) is 0 Å². The Morgan fingerprint density at radius 1 is 1.46 bits per heavy atom. The third-order valence-electron chi connectivity index (χ3n) is 3.67. The van der Waals surface area contributed by atoms with Crippen LogP contribution in [0.1, 0.15) is 39.3 Å². The molecule has 0 radical (unpaired) electrons. The lowest BCUT2D eigenvalue weighted by Crippen LogP contribution is -2.27. The highest BCUT2D eigenvalue weighted by atomic mass is 31.2. The normalized spacial score (nSPS) is 22.6. The number of aromatic nitrogens is 2. The smallest absolute Gasteiger partial charge is 0.364 e. The van der Waals surface area contributed by atoms with Gasteiger partial charge in [-0.25, -0.2) is 9.18 Å². The van der Waals surface area contributed by atoms with Crippen LogP contribution in [-0.4, -0.2) is 34.8 Å². The van der Waals surface area contributed by atoms with Gasteiger partial charge in [-0.3, -0.25) is 9.13 Å². The number of rotatable bonds is 8. The molecule has 1 aliphatic heterocycles. The zero-order valence-corrected chi connectivity index (χ0v) is 14.7. The Bertz CT molecular complexity index is 646. The minimum absolute atomic E-state index is 0.0956. The van der Waals surface area contributed by atoms with Crippen LogP contribution in [0.15, 0.2) is 17.1 Å². The third kappa shape index (κ3) is 4.42. The summed E-state index contributed by atoms with van der Waals surface area (Å²) >= 11 is 0. The molecule has 0 bridgehead atoms. The van der Waals surface area contributed by atoms with Crippen LogP contribution in [0, 0.1) is 0 Å². The Morgan fingerprint density at radius 3 is 2.71 bits per heavy atom. The van der Waals surface area contributed by atoms with Gasteiger partial charge in [-0.1, -0.05) is 0 Å². The van der Waals surface area contributed by atoms with Crippen LogP contribution in [0.3, 0.4) is 0 Å². The lowest BCUT2D eigenvalue weighted by molar-refractivity contribution is -0.0106. The van der Waals surface area contributed by atoms with Gasteiger partial charge in [0.05, 0.1) is 19.3 Å². The first-order chi connectivity index (χ1) is 11.4. The monoisotopic (exact) mass is 363 g/mol. The predicted molar refractivity (Wildman–Crippen MR) is 86.4 cm³/mol. The van der Waals surface area contributed by atoms with Gasteiger partial charge < -0.3 is 19.5 Å². The second-order valence-electron chi connectivity index (χ2n) is 5.38. The van der Waals surface area contributed by atoms with Crippen molar-refractivity contribution in [1.82, 2.24) is 9.55 Å². The Morgan fingerprint density at radius 2 is 2.12 bits per heavy atom. The molecule has 2 rings (SSSR count). The van der Waals surface area contributed by atoms with Crippen LogP contribution >= 0.6 is 7.60 Å². The molecule has 136 valence electrons. The summed E-state index contributed by atoms with van der Waals surface area (Å²) in [6, 6.07) is 1.49. The van der Waals surface area contributed by atoms with Crippen molar-refractivity contribution >= 4 is 13.4 Å². The molecule has 0 amide bonds. The fraction of sp³-hybridized carbons (Fsp3) is 0.714. The predicted octanol–water partition coefficient (Wildman–Crippen LogP) is 2.45. The van der Waals surface area contributed by atoms with Crippen molar-refractivity contribution in [1.29, 1.82) is 0 Å². The molecule has 24 heavy (non-hydrogen) atoms. The average Bonchev–Trinajstić information content (AvgIpc) is 2.96. The van der Waals surface area contributed by atoms with Crippen LogP contribution in [0.25, 0.3) is 0 Å². The van der Waals surface area contributed by atoms with E-state index in [1.807, 2.05) is 0 Å². The second-order valence-corrected chi connectivity index (χ2v) is 7.53. The quantitative estimate of drug-likeness (QED) is 0.707. The first-order valence-electron chi connectivity index (χ1n) is 7.92. The summed E-state index contributed by atoms with van der Waals surface area (Å²) in [5.41, 5.74) is 4.93. The second kappa shape index (κ2) is 8.20. The summed E-state index contributed by atoms with van der Waals surface area (Å²) in [5.74, 6) is -1.65. The summed E-state index contributed by atoms with van der Waals surface area (Å²) in [6.45, 7) is 3.44. The average molecular weight is 363 g/mol. The molecule has 0 saturated carbocycles. The van der Waals surface area contributed by atoms with Gasteiger partial charge in [0.2, 0.25) is 5.91 Å². The SMILES string of the molecule is CCOP(=O)(OCC)C(F)C[C@@H]1CCC(n2ccc(N)nc2=O)O1. The van der Waals surface area contributed by atoms with Crippen LogP contribution in [0.2, 0.25) is 0 Å². The number of ether oxygens (including phenoxy) is 1. The lowest BCUT2D eigenvalue weighted by atomic mass is 10.2. The van der Waals surface area contributed by atoms with Gasteiger partial charge in [-0.05, 0) is 32.8 Å². The van der Waals surface area contributed by atoms with Crippen molar-refractivity contribution in [3.63, 3.8) is 0 Å². The first kappa shape index (κ1) is 19.1. The number of nitrogens with zero attached hydrogens (tertiary/aromatic N) is 2. The molecule has 10 heteroatoms. The molecule has 1 aromatic rings. The molecule has 0 aromatic carbocycles. The number of anilines is 1. The molecular weight excluding hydrogens is 340 g/mol. The van der Waals surface area contributed by atoms with E-state index in [0.29, 0.717) is 12.8 Å². The number of nitrogens with two attached hydrogens (primary N) is 1. The largest absolute Gasteiger partial charge is 0.383 e. The van der Waals surface area contributed by atoms with Crippen molar-refractivity contribution < 1.29 is 22.7 Å². The summed E-state index contributed by atoms with van der Waals surface area (Å²) in [5, 5.41) is 0. The van der Waals surface area contributed by atoms with E-state index in [2.05, 4.69) is 4.98 Å². The van der Waals surface area contributed by atoms with E-state index >= 15 is 0 Å². The molecule has 8 nitrogen and oxygen atoms in total. The molecule has 0 spiro atoms. The van der Waals surface area contributed by atoms with Crippen molar-refractivity contribution in [2.75, 3.05) is 18.9 Å². The van der Waals surface area contributed by atoms with E-state index in [-0.39, 0.29) is 25.5 Å². The topological polar surface area (TPSA) is 106 Å². The standard InChI is InChI=1S/C14H23FN3O5P/c1-3-21-24(20,22-4-2)11(15)9-10-5-6-13(23-10)18-8-7-12(16)17-14(18)19/h7-8,10-11,13H,3-6,9H2,1-2H3,(H2,16,17,19)/t10-,11?,13?/m0/s1. The van der Waals surface area contributed by atoms with Gasteiger partial charge in [0.25, 0.3) is 0 Å². The summed E-state index contributed by atoms with van der Waals surface area (Å²) in [4.78, 5) is 15.5. The molecule has 1 saturated heterocycles. The molecule has 0 aliphatic carbocycles. The molecule has 3 atom stereocenters. The number of hydrogen-bond acceptors (Lipinski definition) is 7. The van der Waals surface area contributed by atoms with Gasteiger partial charge in [-0.2, -0.15) is 4.98 Å². The Balaban J connectivity index is 2.00. The molecule has 1 fully saturated rings. The minimum Gasteiger partial charge on any atom is -0.383 e. The summed E-state index contributed by atoms with van der Waals surface area (Å²) in [7, 11) is -3.81. The lowest BCUT2D eigenvalue weighted by Gasteiger charge is -2.23. The molecule has 1 aliphatic rings. The molecule has 2 unspecified atom stereocenters. The van der Waals surface area contributed by atoms with E-state index < -0.39 is 31.5 Å². The van der Waals surface area contributed by atoms with Crippen molar-refractivity contribution in [2.24, 2.45) is 0 Å². The molecule has 1 aromatic heterocycles. The van der Waals surface area contributed by atoms with Gasteiger partial charge in [-0.15, -0.1) is 0 Å². The van der Waals surface area contributed by atoms with Crippen molar-refractivity contribution in [3.8, 4) is 0 Å². The van der Waals surface area contributed by atoms with Gasteiger partial charge in [0.1, 0.15) is 12.0 Å². The van der Waals surface area contributed by atoms with E-state index in [1.54, 1.807) is 13.8 Å². The Kier molecular flexibility index (Phi) is 6.51. The highest BCUT2D eigenvalue weighted by Crippen LogP contribution is 2.55. The zero-order chi connectivity index (χ0) is 17.7. The summed E-state index contributed by atoms with van der Waals surface area (Å²) in [6.07, 6.45) is 1.40. The number of alkyl halides is 1. The highest BCUT2D eigenvalue weighted by Gasteiger charge is 2.40. The fourth-order valence-electron chi connectivity index (χ4n) is 2.61. The van der Waals surface area contributed by atoms with Crippen LogP contribution < -0.4 is 11.4 Å². The van der Waals surface area contributed by atoms with E-state index in [4.69, 9.17) is 19.5 Å². The van der Waals surface area contributed by atoms with E-state index in [1.165, 1.54) is 16.8 Å². The fourth-order valence-corrected chi connectivity index (χ4v) is 4.23. The highest BCUT2D eigenvalue weighted by molar-refractivity contribution is 7.54. The number of halogens is 1. The molecule has 2 heterocycles. The maximum absolute atomic E-state index is 14.4. The molecular formula is C14H23FN3O5P. The third-order valence-corrected chi connectivity index (χ3v) is 5.80. The van der Waals surface area contributed by atoms with Crippen molar-refractivity contribution in [2.45, 2.75) is 51.4 Å². The number of nitrogen functional groups attached to an aromatic ring is 1.